The van der Waals surface area contributed by atoms with Gasteiger partial charge in [0.1, 0.15) is 11.5 Å². The number of likely N-dealkylation sites (N-methyl/N-ethyl adjacent to an activating group) is 1. The lowest BCUT2D eigenvalue weighted by Gasteiger charge is -2.16. The van der Waals surface area contributed by atoms with E-state index >= 15 is 0 Å². The number of carbonyl (C=O) groups excluding carboxylic acids is 2. The van der Waals surface area contributed by atoms with Crippen LogP contribution in [0.5, 0.6) is 0 Å². The van der Waals surface area contributed by atoms with Crippen molar-refractivity contribution < 1.29 is 9.59 Å². The Bertz CT molecular complexity index is 1440. The number of nitrogens with two attached hydrogens (primary N) is 1. The van der Waals surface area contributed by atoms with Crippen LogP contribution >= 0.6 is 0 Å². The summed E-state index contributed by atoms with van der Waals surface area (Å²) in [7, 11) is 1.52. The second kappa shape index (κ2) is 10.2. The molecule has 2 aromatic heterocycles. The number of aromatic nitrogens is 2. The highest BCUT2D eigenvalue weighted by Gasteiger charge is 2.18. The van der Waals surface area contributed by atoms with Crippen molar-refractivity contribution in [2.75, 3.05) is 18.1 Å². The van der Waals surface area contributed by atoms with E-state index in [4.69, 9.17) is 10.7 Å². The number of nitrogen functional groups attached to an aromatic ring is 1. The zero-order valence-electron chi connectivity index (χ0n) is 19.7. The molecule has 0 saturated carbocycles. The predicted octanol–water partition coefficient (Wildman–Crippen LogP) is 3.14. The van der Waals surface area contributed by atoms with Crippen molar-refractivity contribution in [3.63, 3.8) is 0 Å². The molecule has 2 aromatic carbocycles. The van der Waals surface area contributed by atoms with Gasteiger partial charge in [0, 0.05) is 30.4 Å². The molecule has 0 aliphatic carbocycles. The van der Waals surface area contributed by atoms with Crippen molar-refractivity contribution in [1.29, 1.82) is 0 Å². The van der Waals surface area contributed by atoms with Crippen molar-refractivity contribution in [3.05, 3.63) is 88.1 Å². The van der Waals surface area contributed by atoms with Gasteiger partial charge in [-0.3, -0.25) is 14.4 Å². The van der Waals surface area contributed by atoms with E-state index < -0.39 is 0 Å². The molecule has 0 aliphatic rings. The fourth-order valence-corrected chi connectivity index (χ4v) is 3.99. The first-order valence-electron chi connectivity index (χ1n) is 11.4. The van der Waals surface area contributed by atoms with E-state index in [1.807, 2.05) is 61.5 Å². The minimum atomic E-state index is -0.287. The van der Waals surface area contributed by atoms with E-state index in [0.717, 1.165) is 16.8 Å². The number of nitrogens with zero attached hydrogens (tertiary/aromatic N) is 2. The van der Waals surface area contributed by atoms with E-state index in [1.165, 1.54) is 7.05 Å². The normalized spacial score (nSPS) is 10.8. The third-order valence-corrected chi connectivity index (χ3v) is 5.85. The number of para-hydroxylation sites is 1. The molecule has 178 valence electrons. The minimum Gasteiger partial charge on any atom is -0.385 e. The summed E-state index contributed by atoms with van der Waals surface area (Å²) in [5.41, 5.74) is 9.89. The topological polar surface area (TPSA) is 119 Å². The number of aryl methyl sites for hydroxylation is 1. The fourth-order valence-electron chi connectivity index (χ4n) is 3.99. The van der Waals surface area contributed by atoms with E-state index in [2.05, 4.69) is 10.6 Å². The molecule has 2 heterocycles. The standard InChI is InChI=1S/C27H27N5O3/c1-3-32-26(28)21(16-23(33)29-2)25(35)20-13-14-22(31-27(20)32)18-11-9-17(10-12-18)15-24(34)30-19-7-5-4-6-8-19/h4-14H,3,15-16,28H2,1-2H3,(H,29,33)(H,30,34). The molecule has 0 unspecified atom stereocenters. The first-order chi connectivity index (χ1) is 16.9. The lowest BCUT2D eigenvalue weighted by molar-refractivity contribution is -0.120. The van der Waals surface area contributed by atoms with Gasteiger partial charge in [0.05, 0.1) is 23.9 Å². The van der Waals surface area contributed by atoms with Gasteiger partial charge in [0.25, 0.3) is 0 Å². The zero-order valence-corrected chi connectivity index (χ0v) is 19.7. The minimum absolute atomic E-state index is 0.0851. The van der Waals surface area contributed by atoms with Gasteiger partial charge in [0.15, 0.2) is 5.43 Å². The van der Waals surface area contributed by atoms with Crippen molar-refractivity contribution in [3.8, 4) is 11.3 Å². The second-order valence-corrected chi connectivity index (χ2v) is 8.14. The molecule has 8 heteroatoms. The summed E-state index contributed by atoms with van der Waals surface area (Å²) < 4.78 is 1.75. The van der Waals surface area contributed by atoms with Gasteiger partial charge in [-0.05, 0) is 36.8 Å². The van der Waals surface area contributed by atoms with Crippen LogP contribution in [0.3, 0.4) is 0 Å². The Balaban J connectivity index is 1.61. The van der Waals surface area contributed by atoms with Gasteiger partial charge in [-0.2, -0.15) is 0 Å². The SMILES string of the molecule is CCn1c(N)c(CC(=O)NC)c(=O)c2ccc(-c3ccc(CC(=O)Nc4ccccc4)cc3)nc21. The highest BCUT2D eigenvalue weighted by Crippen LogP contribution is 2.23. The summed E-state index contributed by atoms with van der Waals surface area (Å²) >= 11 is 0. The summed E-state index contributed by atoms with van der Waals surface area (Å²) in [5, 5.41) is 5.82. The molecule has 35 heavy (non-hydrogen) atoms. The van der Waals surface area contributed by atoms with Crippen LogP contribution in [-0.4, -0.2) is 28.4 Å². The van der Waals surface area contributed by atoms with Crippen LogP contribution in [0.4, 0.5) is 11.5 Å². The van der Waals surface area contributed by atoms with Crippen LogP contribution in [0.15, 0.2) is 71.5 Å². The summed E-state index contributed by atoms with van der Waals surface area (Å²) in [5.74, 6) is -0.126. The van der Waals surface area contributed by atoms with Crippen molar-refractivity contribution in [2.45, 2.75) is 26.3 Å². The highest BCUT2D eigenvalue weighted by molar-refractivity contribution is 5.92. The monoisotopic (exact) mass is 469 g/mol. The number of hydrogen-bond donors (Lipinski definition) is 3. The summed E-state index contributed by atoms with van der Waals surface area (Å²) in [4.78, 5) is 42.0. The van der Waals surface area contributed by atoms with Gasteiger partial charge in [-0.15, -0.1) is 0 Å². The highest BCUT2D eigenvalue weighted by atomic mass is 16.2. The summed E-state index contributed by atoms with van der Waals surface area (Å²) in [6.45, 7) is 2.41. The maximum absolute atomic E-state index is 13.0. The van der Waals surface area contributed by atoms with E-state index in [9.17, 15) is 14.4 Å². The third-order valence-electron chi connectivity index (χ3n) is 5.85. The van der Waals surface area contributed by atoms with Crippen LogP contribution in [-0.2, 0) is 29.0 Å². The van der Waals surface area contributed by atoms with Crippen LogP contribution in [0.1, 0.15) is 18.1 Å². The van der Waals surface area contributed by atoms with Gasteiger partial charge >= 0.3 is 0 Å². The molecule has 4 aromatic rings. The smallest absolute Gasteiger partial charge is 0.228 e. The molecular formula is C27H27N5O3. The van der Waals surface area contributed by atoms with Crippen LogP contribution in [0.2, 0.25) is 0 Å². The fraction of sp³-hybridized carbons (Fsp3) is 0.185. The number of benzene rings is 2. The molecule has 0 radical (unpaired) electrons. The molecular weight excluding hydrogens is 442 g/mol. The van der Waals surface area contributed by atoms with Gasteiger partial charge in [-0.1, -0.05) is 42.5 Å². The maximum atomic E-state index is 13.0. The predicted molar refractivity (Wildman–Crippen MR) is 138 cm³/mol. The zero-order chi connectivity index (χ0) is 24.9. The molecule has 0 aliphatic heterocycles. The molecule has 0 atom stereocenters. The number of pyridine rings is 2. The van der Waals surface area contributed by atoms with E-state index in [1.54, 1.807) is 16.7 Å². The number of anilines is 2. The Labute approximate surface area is 202 Å². The Morgan fingerprint density at radius 2 is 1.66 bits per heavy atom. The molecule has 8 nitrogen and oxygen atoms in total. The molecule has 4 rings (SSSR count). The van der Waals surface area contributed by atoms with Crippen LogP contribution in [0, 0.1) is 0 Å². The average Bonchev–Trinajstić information content (AvgIpc) is 2.87. The first kappa shape index (κ1) is 23.7. The summed E-state index contributed by atoms with van der Waals surface area (Å²) in [6.07, 6.45) is 0.165. The third kappa shape index (κ3) is 5.06. The lowest BCUT2D eigenvalue weighted by Crippen LogP contribution is -2.27. The van der Waals surface area contributed by atoms with Crippen molar-refractivity contribution in [1.82, 2.24) is 14.9 Å². The van der Waals surface area contributed by atoms with Gasteiger partial charge in [-0.25, -0.2) is 4.98 Å². The average molecular weight is 470 g/mol. The number of carbonyl (C=O) groups is 2. The molecule has 0 bridgehead atoms. The number of rotatable bonds is 7. The molecule has 0 saturated heterocycles. The number of hydrogen-bond acceptors (Lipinski definition) is 5. The number of fused-ring (bicyclic) bond motifs is 1. The van der Waals surface area contributed by atoms with Crippen molar-refractivity contribution >= 4 is 34.4 Å². The maximum Gasteiger partial charge on any atom is 0.228 e. The molecule has 4 N–H and O–H groups in total. The number of nitrogens with one attached hydrogen (secondary N) is 2. The Morgan fingerprint density at radius 1 is 0.943 bits per heavy atom. The number of amides is 2. The second-order valence-electron chi connectivity index (χ2n) is 8.14. The first-order valence-corrected chi connectivity index (χ1v) is 11.4. The van der Waals surface area contributed by atoms with E-state index in [0.29, 0.717) is 23.3 Å². The largest absolute Gasteiger partial charge is 0.385 e. The lowest BCUT2D eigenvalue weighted by atomic mass is 10.0. The van der Waals surface area contributed by atoms with Crippen molar-refractivity contribution in [2.24, 2.45) is 0 Å². The molecule has 2 amide bonds. The Kier molecular flexibility index (Phi) is 6.91. The Morgan fingerprint density at radius 3 is 2.31 bits per heavy atom. The van der Waals surface area contributed by atoms with Gasteiger partial charge < -0.3 is 20.9 Å². The van der Waals surface area contributed by atoms with E-state index in [-0.39, 0.29) is 41.5 Å². The quantitative estimate of drug-likeness (QED) is 0.384. The summed E-state index contributed by atoms with van der Waals surface area (Å²) in [6, 6.07) is 20.4. The van der Waals surface area contributed by atoms with Crippen LogP contribution in [0.25, 0.3) is 22.3 Å². The Hall–Kier alpha value is -4.46. The molecule has 0 spiro atoms. The van der Waals surface area contributed by atoms with Crippen LogP contribution < -0.4 is 21.8 Å². The molecule has 0 fully saturated rings. The van der Waals surface area contributed by atoms with Gasteiger partial charge in [0.2, 0.25) is 11.8 Å².